The zero-order valence-corrected chi connectivity index (χ0v) is 20.0. The first-order valence-corrected chi connectivity index (χ1v) is 10.4. The van der Waals surface area contributed by atoms with Gasteiger partial charge in [-0.15, -0.1) is 24.0 Å². The molecule has 1 unspecified atom stereocenters. The van der Waals surface area contributed by atoms with E-state index in [1.54, 1.807) is 12.7 Å². The van der Waals surface area contributed by atoms with E-state index in [1.807, 2.05) is 4.68 Å². The molecule has 2 aromatic rings. The van der Waals surface area contributed by atoms with Gasteiger partial charge < -0.3 is 20.1 Å². The van der Waals surface area contributed by atoms with Crippen molar-refractivity contribution in [2.45, 2.75) is 45.4 Å². The molecule has 0 saturated carbocycles. The number of guanidine groups is 1. The molecule has 1 aliphatic heterocycles. The number of hydrogen-bond donors (Lipinski definition) is 2. The van der Waals surface area contributed by atoms with Gasteiger partial charge in [0.25, 0.3) is 0 Å². The molecule has 1 saturated heterocycles. The van der Waals surface area contributed by atoms with Crippen LogP contribution in [0.25, 0.3) is 0 Å². The van der Waals surface area contributed by atoms with E-state index in [9.17, 15) is 0 Å². The molecule has 0 aliphatic carbocycles. The molecule has 2 N–H and O–H groups in total. The lowest BCUT2D eigenvalue weighted by atomic mass is 10.1. The predicted molar refractivity (Wildman–Crippen MR) is 128 cm³/mol. The minimum Gasteiger partial charge on any atom is -0.379 e. The van der Waals surface area contributed by atoms with Gasteiger partial charge in [0.05, 0.1) is 25.8 Å². The van der Waals surface area contributed by atoms with Crippen LogP contribution in [0.15, 0.2) is 41.9 Å². The molecule has 1 aromatic heterocycles. The Morgan fingerprint density at radius 2 is 2.23 bits per heavy atom. The Hall–Kier alpha value is -1.72. The van der Waals surface area contributed by atoms with Crippen molar-refractivity contribution >= 4 is 29.9 Å². The van der Waals surface area contributed by atoms with Gasteiger partial charge in [0.1, 0.15) is 12.7 Å². The maximum Gasteiger partial charge on any atom is 0.191 e. The summed E-state index contributed by atoms with van der Waals surface area (Å²) in [5.74, 6) is 0.827. The highest BCUT2D eigenvalue weighted by molar-refractivity contribution is 14.0. The molecular weight excluding hydrogens is 495 g/mol. The molecule has 0 radical (unpaired) electrons. The molecule has 9 heteroatoms. The summed E-state index contributed by atoms with van der Waals surface area (Å²) < 4.78 is 13.1. The van der Waals surface area contributed by atoms with Crippen LogP contribution in [0.1, 0.15) is 37.3 Å². The van der Waals surface area contributed by atoms with E-state index in [0.717, 1.165) is 51.5 Å². The SMILES string of the molecule is CCNC(=NCc1cccc(Cn2cncn2)c1)NCCCOCC1CCCO1.I. The second kappa shape index (κ2) is 14.3. The van der Waals surface area contributed by atoms with Crippen molar-refractivity contribution in [3.05, 3.63) is 48.0 Å². The van der Waals surface area contributed by atoms with Crippen molar-refractivity contribution in [1.82, 2.24) is 25.4 Å². The number of benzene rings is 1. The Labute approximate surface area is 195 Å². The quantitative estimate of drug-likeness (QED) is 0.202. The van der Waals surface area contributed by atoms with Crippen LogP contribution in [-0.4, -0.2) is 59.7 Å². The Morgan fingerprint density at radius 1 is 1.33 bits per heavy atom. The van der Waals surface area contributed by atoms with Gasteiger partial charge in [0.15, 0.2) is 5.96 Å². The van der Waals surface area contributed by atoms with Crippen LogP contribution in [0.5, 0.6) is 0 Å². The van der Waals surface area contributed by atoms with Gasteiger partial charge in [-0.3, -0.25) is 0 Å². The van der Waals surface area contributed by atoms with Crippen LogP contribution in [0.4, 0.5) is 0 Å². The number of halogens is 1. The summed E-state index contributed by atoms with van der Waals surface area (Å²) in [5, 5.41) is 10.8. The molecule has 0 bridgehead atoms. The van der Waals surface area contributed by atoms with Gasteiger partial charge in [-0.2, -0.15) is 5.10 Å². The van der Waals surface area contributed by atoms with E-state index >= 15 is 0 Å². The molecule has 1 fully saturated rings. The molecular formula is C21H33IN6O2. The van der Waals surface area contributed by atoms with Crippen molar-refractivity contribution in [3.8, 4) is 0 Å². The van der Waals surface area contributed by atoms with Crippen LogP contribution in [0.3, 0.4) is 0 Å². The van der Waals surface area contributed by atoms with Gasteiger partial charge in [-0.25, -0.2) is 14.7 Å². The predicted octanol–water partition coefficient (Wildman–Crippen LogP) is 2.59. The first-order chi connectivity index (χ1) is 14.3. The highest BCUT2D eigenvalue weighted by Crippen LogP contribution is 2.12. The third-order valence-electron chi connectivity index (χ3n) is 4.65. The zero-order chi connectivity index (χ0) is 20.2. The Balaban J connectivity index is 0.00000320. The minimum atomic E-state index is 0. The Bertz CT molecular complexity index is 735. The van der Waals surface area contributed by atoms with Crippen LogP contribution in [0, 0.1) is 0 Å². The number of rotatable bonds is 11. The lowest BCUT2D eigenvalue weighted by Crippen LogP contribution is -2.38. The molecule has 2 heterocycles. The maximum absolute atomic E-state index is 5.71. The zero-order valence-electron chi connectivity index (χ0n) is 17.6. The second-order valence-electron chi connectivity index (χ2n) is 7.10. The smallest absolute Gasteiger partial charge is 0.191 e. The van der Waals surface area contributed by atoms with Crippen molar-refractivity contribution in [2.24, 2.45) is 4.99 Å². The van der Waals surface area contributed by atoms with E-state index in [-0.39, 0.29) is 24.0 Å². The van der Waals surface area contributed by atoms with Gasteiger partial charge in [0.2, 0.25) is 0 Å². The van der Waals surface area contributed by atoms with Crippen LogP contribution >= 0.6 is 24.0 Å². The average Bonchev–Trinajstić information content (AvgIpc) is 3.43. The number of ether oxygens (including phenoxy) is 2. The molecule has 0 amide bonds. The normalized spacial score (nSPS) is 16.3. The van der Waals surface area contributed by atoms with E-state index in [2.05, 4.69) is 51.9 Å². The van der Waals surface area contributed by atoms with Crippen LogP contribution < -0.4 is 10.6 Å². The summed E-state index contributed by atoms with van der Waals surface area (Å²) in [6.45, 7) is 7.37. The van der Waals surface area contributed by atoms with Crippen LogP contribution in [-0.2, 0) is 22.6 Å². The Morgan fingerprint density at radius 3 is 3.00 bits per heavy atom. The summed E-state index contributed by atoms with van der Waals surface area (Å²) in [5.41, 5.74) is 2.35. The number of hydrogen-bond acceptors (Lipinski definition) is 5. The molecule has 0 spiro atoms. The molecule has 1 atom stereocenters. The molecule has 166 valence electrons. The summed E-state index contributed by atoms with van der Waals surface area (Å²) in [6.07, 6.45) is 6.78. The summed E-state index contributed by atoms with van der Waals surface area (Å²) in [4.78, 5) is 8.69. The molecule has 1 aromatic carbocycles. The first kappa shape index (κ1) is 24.5. The number of nitrogens with one attached hydrogen (secondary N) is 2. The second-order valence-corrected chi connectivity index (χ2v) is 7.10. The van der Waals surface area contributed by atoms with Crippen molar-refractivity contribution in [3.63, 3.8) is 0 Å². The standard InChI is InChI=1S/C21H32N6O2.HI/c1-2-23-21(24-9-5-10-28-15-20-8-4-11-29-20)25-13-18-6-3-7-19(12-18)14-27-17-22-16-26-27;/h3,6-7,12,16-17,20H,2,4-5,8-11,13-15H2,1H3,(H2,23,24,25);1H. The highest BCUT2D eigenvalue weighted by atomic mass is 127. The molecule has 30 heavy (non-hydrogen) atoms. The Kier molecular flexibility index (Phi) is 11.7. The number of nitrogens with zero attached hydrogens (tertiary/aromatic N) is 4. The fourth-order valence-corrected chi connectivity index (χ4v) is 3.21. The van der Waals surface area contributed by atoms with Gasteiger partial charge in [-0.05, 0) is 37.3 Å². The van der Waals surface area contributed by atoms with Crippen LogP contribution in [0.2, 0.25) is 0 Å². The summed E-state index contributed by atoms with van der Waals surface area (Å²) in [7, 11) is 0. The monoisotopic (exact) mass is 528 g/mol. The van der Waals surface area contributed by atoms with E-state index in [1.165, 1.54) is 11.1 Å². The van der Waals surface area contributed by atoms with Gasteiger partial charge in [0, 0.05) is 26.3 Å². The third kappa shape index (κ3) is 8.97. The van der Waals surface area contributed by atoms with E-state index < -0.39 is 0 Å². The summed E-state index contributed by atoms with van der Waals surface area (Å²) in [6, 6.07) is 8.41. The molecule has 8 nitrogen and oxygen atoms in total. The van der Waals surface area contributed by atoms with Gasteiger partial charge in [-0.1, -0.05) is 24.3 Å². The highest BCUT2D eigenvalue weighted by Gasteiger charge is 2.14. The molecule has 1 aliphatic rings. The maximum atomic E-state index is 5.71. The largest absolute Gasteiger partial charge is 0.379 e. The summed E-state index contributed by atoms with van der Waals surface area (Å²) >= 11 is 0. The average molecular weight is 528 g/mol. The fraction of sp³-hybridized carbons (Fsp3) is 0.571. The third-order valence-corrected chi connectivity index (χ3v) is 4.65. The minimum absolute atomic E-state index is 0. The topological polar surface area (TPSA) is 85.6 Å². The lowest BCUT2D eigenvalue weighted by Gasteiger charge is -2.13. The molecule has 3 rings (SSSR count). The number of aromatic nitrogens is 3. The van der Waals surface area contributed by atoms with E-state index in [4.69, 9.17) is 14.5 Å². The van der Waals surface area contributed by atoms with Gasteiger partial charge >= 0.3 is 0 Å². The number of aliphatic imine (C=N–C) groups is 1. The van der Waals surface area contributed by atoms with Crippen molar-refractivity contribution in [1.29, 1.82) is 0 Å². The van der Waals surface area contributed by atoms with Crippen molar-refractivity contribution in [2.75, 3.05) is 32.9 Å². The first-order valence-electron chi connectivity index (χ1n) is 10.4. The van der Waals surface area contributed by atoms with Crippen molar-refractivity contribution < 1.29 is 9.47 Å². The lowest BCUT2D eigenvalue weighted by molar-refractivity contribution is 0.0168. The fourth-order valence-electron chi connectivity index (χ4n) is 3.21. The van der Waals surface area contributed by atoms with E-state index in [0.29, 0.717) is 25.8 Å².